The summed E-state index contributed by atoms with van der Waals surface area (Å²) in [4.78, 5) is 4.15. The predicted octanol–water partition coefficient (Wildman–Crippen LogP) is 3.04. The fraction of sp³-hybridized carbons (Fsp3) is 0.154. The van der Waals surface area contributed by atoms with Crippen molar-refractivity contribution in [3.05, 3.63) is 53.3 Å². The van der Waals surface area contributed by atoms with Gasteiger partial charge in [0.05, 0.1) is 0 Å². The Morgan fingerprint density at radius 2 is 2.07 bits per heavy atom. The van der Waals surface area contributed by atoms with Crippen LogP contribution >= 0.6 is 0 Å². The van der Waals surface area contributed by atoms with Crippen molar-refractivity contribution in [1.82, 2.24) is 4.98 Å². The quantitative estimate of drug-likeness (QED) is 0.597. The summed E-state index contributed by atoms with van der Waals surface area (Å²) in [6.45, 7) is 2.12. The molecule has 0 atom stereocenters. The number of pyridine rings is 1. The lowest BCUT2D eigenvalue weighted by atomic mass is 9.98. The zero-order valence-corrected chi connectivity index (χ0v) is 8.62. The molecule has 0 aliphatic carbocycles. The summed E-state index contributed by atoms with van der Waals surface area (Å²) >= 11 is 0. The second-order valence-electron chi connectivity index (χ2n) is 4.00. The van der Waals surface area contributed by atoms with Crippen LogP contribution in [0.15, 0.2) is 36.7 Å². The zero-order valence-electron chi connectivity index (χ0n) is 8.62. The van der Waals surface area contributed by atoms with Gasteiger partial charge in [-0.15, -0.1) is 0 Å². The Hall–Kier alpha value is -1.83. The van der Waals surface area contributed by atoms with Crippen LogP contribution in [0.25, 0.3) is 0 Å². The average molecular weight is 196 g/mol. The van der Waals surface area contributed by atoms with Crippen LogP contribution in [-0.4, -0.2) is 4.98 Å². The van der Waals surface area contributed by atoms with Gasteiger partial charge in [0.15, 0.2) is 0 Å². The van der Waals surface area contributed by atoms with Crippen LogP contribution in [-0.2, 0) is 6.42 Å². The maximum Gasteiger partial charge on any atom is 0.0451 e. The molecule has 2 heterocycles. The summed E-state index contributed by atoms with van der Waals surface area (Å²) in [6, 6.07) is 8.56. The molecule has 15 heavy (non-hydrogen) atoms. The molecule has 74 valence electrons. The van der Waals surface area contributed by atoms with Gasteiger partial charge in [-0.25, -0.2) is 0 Å². The van der Waals surface area contributed by atoms with Gasteiger partial charge in [0, 0.05) is 30.2 Å². The van der Waals surface area contributed by atoms with Crippen molar-refractivity contribution in [2.45, 2.75) is 13.3 Å². The van der Waals surface area contributed by atoms with Crippen LogP contribution in [0, 0.1) is 6.92 Å². The van der Waals surface area contributed by atoms with Gasteiger partial charge in [-0.05, 0) is 35.7 Å². The number of aromatic nitrogens is 1. The maximum atomic E-state index is 4.15. The molecule has 0 radical (unpaired) electrons. The molecule has 2 aromatic rings. The van der Waals surface area contributed by atoms with Crippen LogP contribution in [0.1, 0.15) is 16.7 Å². The number of hydrogen-bond donors (Lipinski definition) is 1. The fourth-order valence-corrected chi connectivity index (χ4v) is 2.00. The number of anilines is 2. The van der Waals surface area contributed by atoms with Crippen molar-refractivity contribution < 1.29 is 0 Å². The van der Waals surface area contributed by atoms with Gasteiger partial charge >= 0.3 is 0 Å². The topological polar surface area (TPSA) is 24.9 Å². The van der Waals surface area contributed by atoms with Crippen molar-refractivity contribution in [1.29, 1.82) is 0 Å². The van der Waals surface area contributed by atoms with E-state index in [1.54, 1.807) is 0 Å². The van der Waals surface area contributed by atoms with Crippen LogP contribution < -0.4 is 5.32 Å². The Morgan fingerprint density at radius 3 is 3.00 bits per heavy atom. The van der Waals surface area contributed by atoms with E-state index in [2.05, 4.69) is 35.4 Å². The summed E-state index contributed by atoms with van der Waals surface area (Å²) in [6.07, 6.45) is 4.74. The average Bonchev–Trinajstić information content (AvgIpc) is 2.26. The SMILES string of the molecule is Cc1ccc2c(c1)Nc1ccncc1C2. The molecule has 0 amide bonds. The van der Waals surface area contributed by atoms with Crippen molar-refractivity contribution in [3.63, 3.8) is 0 Å². The Morgan fingerprint density at radius 1 is 1.13 bits per heavy atom. The molecule has 1 N–H and O–H groups in total. The summed E-state index contributed by atoms with van der Waals surface area (Å²) in [7, 11) is 0. The molecular formula is C13H12N2. The Labute approximate surface area is 89.0 Å². The van der Waals surface area contributed by atoms with E-state index in [4.69, 9.17) is 0 Å². The molecule has 1 aromatic heterocycles. The summed E-state index contributed by atoms with van der Waals surface area (Å²) in [5.74, 6) is 0. The minimum Gasteiger partial charge on any atom is -0.355 e. The van der Waals surface area contributed by atoms with Gasteiger partial charge in [0.2, 0.25) is 0 Å². The molecule has 2 heteroatoms. The summed E-state index contributed by atoms with van der Waals surface area (Å²) < 4.78 is 0. The molecule has 0 saturated heterocycles. The van der Waals surface area contributed by atoms with Gasteiger partial charge < -0.3 is 5.32 Å². The third-order valence-electron chi connectivity index (χ3n) is 2.82. The number of nitrogens with zero attached hydrogens (tertiary/aromatic N) is 1. The Kier molecular flexibility index (Phi) is 1.75. The maximum absolute atomic E-state index is 4.15. The van der Waals surface area contributed by atoms with Gasteiger partial charge in [-0.1, -0.05) is 12.1 Å². The van der Waals surface area contributed by atoms with Crippen molar-refractivity contribution >= 4 is 11.4 Å². The Bertz CT molecular complexity index is 518. The molecule has 0 unspecified atom stereocenters. The number of nitrogens with one attached hydrogen (secondary N) is 1. The number of hydrogen-bond acceptors (Lipinski definition) is 2. The van der Waals surface area contributed by atoms with Crippen molar-refractivity contribution in [3.8, 4) is 0 Å². The van der Waals surface area contributed by atoms with E-state index in [-0.39, 0.29) is 0 Å². The van der Waals surface area contributed by atoms with Gasteiger partial charge in [-0.2, -0.15) is 0 Å². The third-order valence-corrected chi connectivity index (χ3v) is 2.82. The van der Waals surface area contributed by atoms with E-state index < -0.39 is 0 Å². The van der Waals surface area contributed by atoms with Crippen molar-refractivity contribution in [2.75, 3.05) is 5.32 Å². The van der Waals surface area contributed by atoms with E-state index in [0.717, 1.165) is 6.42 Å². The van der Waals surface area contributed by atoms with E-state index >= 15 is 0 Å². The number of aryl methyl sites for hydroxylation is 1. The largest absolute Gasteiger partial charge is 0.355 e. The lowest BCUT2D eigenvalue weighted by Crippen LogP contribution is -2.07. The first kappa shape index (κ1) is 8.48. The monoisotopic (exact) mass is 196 g/mol. The van der Waals surface area contributed by atoms with E-state index in [9.17, 15) is 0 Å². The number of fused-ring (bicyclic) bond motifs is 2. The Balaban J connectivity index is 2.11. The van der Waals surface area contributed by atoms with Crippen LogP contribution in [0.2, 0.25) is 0 Å². The van der Waals surface area contributed by atoms with Gasteiger partial charge in [-0.3, -0.25) is 4.98 Å². The van der Waals surface area contributed by atoms with Crippen LogP contribution in [0.3, 0.4) is 0 Å². The molecule has 0 bridgehead atoms. The zero-order chi connectivity index (χ0) is 10.3. The normalized spacial score (nSPS) is 12.6. The van der Waals surface area contributed by atoms with E-state index in [1.807, 2.05) is 18.5 Å². The van der Waals surface area contributed by atoms with Crippen LogP contribution in [0.5, 0.6) is 0 Å². The van der Waals surface area contributed by atoms with Crippen molar-refractivity contribution in [2.24, 2.45) is 0 Å². The second kappa shape index (κ2) is 3.09. The second-order valence-corrected chi connectivity index (χ2v) is 4.00. The van der Waals surface area contributed by atoms with E-state index in [1.165, 1.54) is 28.1 Å². The molecule has 0 saturated carbocycles. The summed E-state index contributed by atoms with van der Waals surface area (Å²) in [5.41, 5.74) is 6.32. The van der Waals surface area contributed by atoms with Gasteiger partial charge in [0.25, 0.3) is 0 Å². The third kappa shape index (κ3) is 1.38. The first-order chi connectivity index (χ1) is 7.33. The highest BCUT2D eigenvalue weighted by Gasteiger charge is 2.13. The highest BCUT2D eigenvalue weighted by molar-refractivity contribution is 5.71. The highest BCUT2D eigenvalue weighted by Crippen LogP contribution is 2.32. The molecule has 2 nitrogen and oxygen atoms in total. The molecular weight excluding hydrogens is 184 g/mol. The first-order valence-electron chi connectivity index (χ1n) is 5.12. The highest BCUT2D eigenvalue weighted by atomic mass is 14.9. The lowest BCUT2D eigenvalue weighted by Gasteiger charge is -2.21. The minimum atomic E-state index is 0.978. The minimum absolute atomic E-state index is 0.978. The molecule has 1 aliphatic heterocycles. The molecule has 0 fully saturated rings. The smallest absolute Gasteiger partial charge is 0.0451 e. The van der Waals surface area contributed by atoms with Gasteiger partial charge in [0.1, 0.15) is 0 Å². The van der Waals surface area contributed by atoms with Crippen LogP contribution in [0.4, 0.5) is 11.4 Å². The molecule has 0 spiro atoms. The molecule has 1 aromatic carbocycles. The lowest BCUT2D eigenvalue weighted by molar-refractivity contribution is 1.11. The first-order valence-corrected chi connectivity index (χ1v) is 5.12. The molecule has 1 aliphatic rings. The number of rotatable bonds is 0. The predicted molar refractivity (Wildman–Crippen MR) is 61.5 cm³/mol. The molecule has 3 rings (SSSR count). The van der Waals surface area contributed by atoms with E-state index in [0.29, 0.717) is 0 Å². The standard InChI is InChI=1S/C13H12N2/c1-9-2-3-10-7-11-8-14-5-4-12(11)15-13(10)6-9/h2-6,8,15H,7H2,1H3. The fourth-order valence-electron chi connectivity index (χ4n) is 2.00. The summed E-state index contributed by atoms with van der Waals surface area (Å²) in [5, 5.41) is 3.44. The number of benzene rings is 1.